The van der Waals surface area contributed by atoms with Crippen LogP contribution in [0.25, 0.3) is 10.9 Å². The molecule has 2 heterocycles. The van der Waals surface area contributed by atoms with Gasteiger partial charge in [-0.05, 0) is 30.9 Å². The van der Waals surface area contributed by atoms with Gasteiger partial charge < -0.3 is 20.4 Å². The largest absolute Gasteiger partial charge is 0.456 e. The Bertz CT molecular complexity index is 1270. The molecule has 0 aliphatic carbocycles. The number of aromatic nitrogens is 3. The summed E-state index contributed by atoms with van der Waals surface area (Å²) in [4.78, 5) is 56.6. The summed E-state index contributed by atoms with van der Waals surface area (Å²) in [6.45, 7) is 3.79. The summed E-state index contributed by atoms with van der Waals surface area (Å²) < 4.78 is 6.45. The maximum absolute atomic E-state index is 13.0. The summed E-state index contributed by atoms with van der Waals surface area (Å²) in [6, 6.07) is 7.79. The van der Waals surface area contributed by atoms with Gasteiger partial charge in [0, 0.05) is 36.6 Å². The molecule has 10 nitrogen and oxygen atoms in total. The number of aromatic amines is 2. The molecular formula is C24H31N5O5. The zero-order chi connectivity index (χ0) is 24.7. The summed E-state index contributed by atoms with van der Waals surface area (Å²) in [7, 11) is 0. The quantitative estimate of drug-likeness (QED) is 0.368. The first-order valence-corrected chi connectivity index (χ1v) is 11.5. The molecule has 0 atom stereocenters. The fourth-order valence-electron chi connectivity index (χ4n) is 3.83. The molecule has 3 aromatic rings. The van der Waals surface area contributed by atoms with Crippen molar-refractivity contribution in [2.75, 3.05) is 23.8 Å². The van der Waals surface area contributed by atoms with Crippen LogP contribution in [0, 0.1) is 0 Å². The molecule has 0 saturated heterocycles. The fourth-order valence-corrected chi connectivity index (χ4v) is 3.83. The number of unbranched alkanes of at least 4 members (excludes halogenated alkanes) is 1. The summed E-state index contributed by atoms with van der Waals surface area (Å²) in [5.74, 6) is -1.18. The van der Waals surface area contributed by atoms with Gasteiger partial charge in [-0.2, -0.15) is 0 Å². The topological polar surface area (TPSA) is 143 Å². The van der Waals surface area contributed by atoms with Crippen molar-refractivity contribution < 1.29 is 14.3 Å². The third kappa shape index (κ3) is 5.56. The Morgan fingerprint density at radius 3 is 2.65 bits per heavy atom. The lowest BCUT2D eigenvalue weighted by Gasteiger charge is -2.24. The van der Waals surface area contributed by atoms with E-state index >= 15 is 0 Å². The van der Waals surface area contributed by atoms with Crippen LogP contribution in [0.4, 0.5) is 11.5 Å². The number of nitrogens with zero attached hydrogens (tertiary/aromatic N) is 2. The predicted octanol–water partition coefficient (Wildman–Crippen LogP) is 2.32. The minimum Gasteiger partial charge on any atom is -0.456 e. The van der Waals surface area contributed by atoms with E-state index in [0.717, 1.165) is 22.9 Å². The number of aryl methyl sites for hydroxylation is 1. The lowest BCUT2D eigenvalue weighted by Crippen LogP contribution is -2.43. The van der Waals surface area contributed by atoms with Gasteiger partial charge in [0.15, 0.2) is 12.3 Å². The van der Waals surface area contributed by atoms with Gasteiger partial charge >= 0.3 is 11.7 Å². The minimum absolute atomic E-state index is 0.0780. The van der Waals surface area contributed by atoms with Gasteiger partial charge in [-0.1, -0.05) is 38.5 Å². The van der Waals surface area contributed by atoms with Gasteiger partial charge in [-0.15, -0.1) is 0 Å². The molecule has 0 saturated carbocycles. The molecule has 2 aromatic heterocycles. The second-order valence-electron chi connectivity index (χ2n) is 8.06. The number of anilines is 2. The van der Waals surface area contributed by atoms with Crippen LogP contribution in [0.15, 0.2) is 40.1 Å². The highest BCUT2D eigenvalue weighted by Gasteiger charge is 2.24. The number of ether oxygens (including phenoxy) is 1. The van der Waals surface area contributed by atoms with Crippen LogP contribution in [-0.2, 0) is 27.3 Å². The normalized spacial score (nSPS) is 11.0. The molecule has 0 spiro atoms. The van der Waals surface area contributed by atoms with Gasteiger partial charge in [0.05, 0.1) is 0 Å². The van der Waals surface area contributed by atoms with Crippen molar-refractivity contribution in [1.29, 1.82) is 0 Å². The van der Waals surface area contributed by atoms with Crippen molar-refractivity contribution in [3.63, 3.8) is 0 Å². The average molecular weight is 470 g/mol. The maximum atomic E-state index is 13.0. The van der Waals surface area contributed by atoms with Crippen molar-refractivity contribution in [3.05, 3.63) is 56.9 Å². The van der Waals surface area contributed by atoms with Crippen molar-refractivity contribution in [1.82, 2.24) is 14.5 Å². The number of benzene rings is 1. The van der Waals surface area contributed by atoms with E-state index in [2.05, 4.69) is 9.97 Å². The minimum atomic E-state index is -0.745. The monoisotopic (exact) mass is 469 g/mol. The van der Waals surface area contributed by atoms with Crippen molar-refractivity contribution in [3.8, 4) is 0 Å². The molecule has 0 aliphatic rings. The maximum Gasteiger partial charge on any atom is 0.330 e. The van der Waals surface area contributed by atoms with Crippen molar-refractivity contribution in [2.24, 2.45) is 0 Å². The number of esters is 1. The average Bonchev–Trinajstić information content (AvgIpc) is 3.24. The predicted molar refractivity (Wildman–Crippen MR) is 131 cm³/mol. The van der Waals surface area contributed by atoms with Crippen LogP contribution in [-0.4, -0.2) is 39.6 Å². The first-order chi connectivity index (χ1) is 16.4. The molecule has 0 aliphatic heterocycles. The molecule has 0 bridgehead atoms. The molecule has 34 heavy (non-hydrogen) atoms. The van der Waals surface area contributed by atoms with Gasteiger partial charge in [0.2, 0.25) is 0 Å². The highest BCUT2D eigenvalue weighted by Crippen LogP contribution is 2.20. The Hall–Kier alpha value is -3.82. The number of nitrogen functional groups attached to an aromatic ring is 1. The van der Waals surface area contributed by atoms with E-state index < -0.39 is 29.7 Å². The summed E-state index contributed by atoms with van der Waals surface area (Å²) in [5.41, 5.74) is 6.63. The lowest BCUT2D eigenvalue weighted by atomic mass is 10.1. The second-order valence-corrected chi connectivity index (χ2v) is 8.06. The van der Waals surface area contributed by atoms with E-state index in [9.17, 15) is 19.2 Å². The van der Waals surface area contributed by atoms with E-state index in [4.69, 9.17) is 10.5 Å². The molecule has 0 unspecified atom stereocenters. The number of fused-ring (bicyclic) bond motifs is 1. The molecule has 3 rings (SSSR count). The summed E-state index contributed by atoms with van der Waals surface area (Å²) in [5, 5.41) is 1.04. The van der Waals surface area contributed by atoms with E-state index in [1.165, 1.54) is 9.47 Å². The van der Waals surface area contributed by atoms with Crippen molar-refractivity contribution >= 4 is 34.3 Å². The zero-order valence-corrected chi connectivity index (χ0v) is 19.6. The number of nitrogens with one attached hydrogen (secondary N) is 2. The van der Waals surface area contributed by atoms with Crippen LogP contribution in [0.1, 0.15) is 45.1 Å². The Labute approximate surface area is 196 Å². The number of H-pyrrole nitrogens is 2. The Morgan fingerprint density at radius 2 is 1.91 bits per heavy atom. The lowest BCUT2D eigenvalue weighted by molar-refractivity contribution is -0.147. The Balaban J connectivity index is 1.70. The Kier molecular flexibility index (Phi) is 8.29. The summed E-state index contributed by atoms with van der Waals surface area (Å²) >= 11 is 0. The van der Waals surface area contributed by atoms with Crippen LogP contribution in [0.5, 0.6) is 0 Å². The molecule has 0 fully saturated rings. The molecular weight excluding hydrogens is 438 g/mol. The van der Waals surface area contributed by atoms with E-state index in [1.807, 2.05) is 44.3 Å². The smallest absolute Gasteiger partial charge is 0.330 e. The van der Waals surface area contributed by atoms with E-state index in [0.29, 0.717) is 25.8 Å². The fraction of sp³-hybridized carbons (Fsp3) is 0.417. The zero-order valence-electron chi connectivity index (χ0n) is 19.6. The number of carbonyl (C=O) groups excluding carboxylic acids is 2. The standard InChI is InChI=1S/C24H31N5O5/c1-3-5-13-28(21-22(25)29(12-4-2)24(33)27-23(21)32)19(30)15-34-20(31)11-10-16-14-26-18-9-7-6-8-17(16)18/h6-9,14,26H,3-5,10-13,15,25H2,1-2H3,(H,27,32,33). The molecule has 182 valence electrons. The van der Waals surface area contributed by atoms with Crippen LogP contribution in [0.2, 0.25) is 0 Å². The number of hydrogen-bond acceptors (Lipinski definition) is 6. The molecule has 0 radical (unpaired) electrons. The Morgan fingerprint density at radius 1 is 1.15 bits per heavy atom. The van der Waals surface area contributed by atoms with Crippen LogP contribution >= 0.6 is 0 Å². The third-order valence-electron chi connectivity index (χ3n) is 5.60. The van der Waals surface area contributed by atoms with E-state index in [1.54, 1.807) is 0 Å². The first kappa shape index (κ1) is 24.8. The third-order valence-corrected chi connectivity index (χ3v) is 5.60. The SMILES string of the molecule is CCCCN(C(=O)COC(=O)CCc1c[nH]c2ccccc12)c1c(N)n(CCC)c(=O)[nH]c1=O. The summed E-state index contributed by atoms with van der Waals surface area (Å²) in [6.07, 6.45) is 4.41. The van der Waals surface area contributed by atoms with E-state index in [-0.39, 0.29) is 24.5 Å². The van der Waals surface area contributed by atoms with Crippen LogP contribution in [0.3, 0.4) is 0 Å². The number of rotatable bonds is 11. The highest BCUT2D eigenvalue weighted by atomic mass is 16.5. The molecule has 1 amide bonds. The molecule has 4 N–H and O–H groups in total. The molecule has 1 aromatic carbocycles. The molecule has 10 heteroatoms. The van der Waals surface area contributed by atoms with Gasteiger partial charge in [-0.3, -0.25) is 23.9 Å². The first-order valence-electron chi connectivity index (χ1n) is 11.5. The van der Waals surface area contributed by atoms with Crippen molar-refractivity contribution in [2.45, 2.75) is 52.5 Å². The number of amides is 1. The second kappa shape index (κ2) is 11.4. The number of para-hydroxylation sites is 1. The number of nitrogens with two attached hydrogens (primary N) is 1. The highest BCUT2D eigenvalue weighted by molar-refractivity contribution is 5.97. The van der Waals surface area contributed by atoms with Gasteiger partial charge in [0.1, 0.15) is 5.82 Å². The van der Waals surface area contributed by atoms with Gasteiger partial charge in [0.25, 0.3) is 11.5 Å². The number of hydrogen-bond donors (Lipinski definition) is 3. The van der Waals surface area contributed by atoms with Crippen LogP contribution < -0.4 is 21.9 Å². The van der Waals surface area contributed by atoms with Gasteiger partial charge in [-0.25, -0.2) is 4.79 Å². The number of carbonyl (C=O) groups is 2.